The van der Waals surface area contributed by atoms with Crippen LogP contribution in [-0.2, 0) is 28.6 Å². The molecule has 374 valence electrons. The van der Waals surface area contributed by atoms with E-state index in [2.05, 4.69) is 87.6 Å². The quantitative estimate of drug-likeness (QED) is 0.0199. The summed E-state index contributed by atoms with van der Waals surface area (Å²) >= 11 is 0. The Kier molecular flexibility index (Phi) is 50.9. The smallest absolute Gasteiger partial charge is 0.306 e. The summed E-state index contributed by atoms with van der Waals surface area (Å²) in [5, 5.41) is 0. The molecule has 0 fully saturated rings. The topological polar surface area (TPSA) is 78.9 Å². The minimum Gasteiger partial charge on any atom is -0.462 e. The van der Waals surface area contributed by atoms with Crippen LogP contribution in [0.1, 0.15) is 265 Å². The van der Waals surface area contributed by atoms with E-state index < -0.39 is 6.10 Å². The third kappa shape index (κ3) is 51.7. The third-order valence-corrected chi connectivity index (χ3v) is 11.8. The Labute approximate surface area is 402 Å². The fourth-order valence-electron chi connectivity index (χ4n) is 7.63. The molecule has 0 aromatic rings. The van der Waals surface area contributed by atoms with Crippen molar-refractivity contribution in [1.82, 2.24) is 0 Å². The fraction of sp³-hybridized carbons (Fsp3) is 0.746. The lowest BCUT2D eigenvalue weighted by atomic mass is 10.0. The van der Waals surface area contributed by atoms with Gasteiger partial charge in [-0.2, -0.15) is 0 Å². The van der Waals surface area contributed by atoms with E-state index in [1.54, 1.807) is 0 Å². The van der Waals surface area contributed by atoms with Gasteiger partial charge in [-0.3, -0.25) is 14.4 Å². The van der Waals surface area contributed by atoms with E-state index in [1.165, 1.54) is 141 Å². The molecule has 0 radical (unpaired) electrons. The van der Waals surface area contributed by atoms with Crippen LogP contribution in [0.15, 0.2) is 72.9 Å². The molecule has 0 saturated heterocycles. The SMILES string of the molecule is CCCCC\C=C/C=C\C=C/C=C\CCCCCCCC(=O)OCC(COC(=O)CC/C=C\C/C=C\CCCCCCCC)OC(=O)CCCCCCCCCCCCCCCCCC. The number of ether oxygens (including phenoxy) is 3. The highest BCUT2D eigenvalue weighted by atomic mass is 16.6. The largest absolute Gasteiger partial charge is 0.462 e. The van der Waals surface area contributed by atoms with Crippen LogP contribution in [0.4, 0.5) is 0 Å². The molecule has 1 unspecified atom stereocenters. The first-order valence-corrected chi connectivity index (χ1v) is 27.5. The van der Waals surface area contributed by atoms with E-state index in [0.717, 1.165) is 77.0 Å². The van der Waals surface area contributed by atoms with Crippen molar-refractivity contribution >= 4 is 17.9 Å². The average Bonchev–Trinajstić information content (AvgIpc) is 3.30. The number of allylic oxidation sites excluding steroid dienone is 12. The van der Waals surface area contributed by atoms with E-state index in [1.807, 2.05) is 6.08 Å². The molecule has 0 aliphatic heterocycles. The summed E-state index contributed by atoms with van der Waals surface area (Å²) in [4.78, 5) is 38.0. The van der Waals surface area contributed by atoms with Gasteiger partial charge in [-0.05, 0) is 64.2 Å². The van der Waals surface area contributed by atoms with Gasteiger partial charge in [0.15, 0.2) is 6.10 Å². The number of carbonyl (C=O) groups is 3. The predicted octanol–water partition coefficient (Wildman–Crippen LogP) is 18.2. The summed E-state index contributed by atoms with van der Waals surface area (Å²) in [6, 6.07) is 0. The fourth-order valence-corrected chi connectivity index (χ4v) is 7.63. The molecule has 0 saturated carbocycles. The van der Waals surface area contributed by atoms with E-state index >= 15 is 0 Å². The molecule has 65 heavy (non-hydrogen) atoms. The van der Waals surface area contributed by atoms with Gasteiger partial charge in [-0.25, -0.2) is 0 Å². The highest BCUT2D eigenvalue weighted by Gasteiger charge is 2.19. The van der Waals surface area contributed by atoms with E-state index in [9.17, 15) is 14.4 Å². The third-order valence-electron chi connectivity index (χ3n) is 11.8. The van der Waals surface area contributed by atoms with Crippen LogP contribution >= 0.6 is 0 Å². The summed E-state index contributed by atoms with van der Waals surface area (Å²) in [6.45, 7) is 6.54. The first kappa shape index (κ1) is 61.9. The minimum atomic E-state index is -0.806. The molecule has 0 aromatic carbocycles. The number of esters is 3. The van der Waals surface area contributed by atoms with Gasteiger partial charge in [0.1, 0.15) is 13.2 Å². The van der Waals surface area contributed by atoms with Gasteiger partial charge >= 0.3 is 17.9 Å². The van der Waals surface area contributed by atoms with Gasteiger partial charge in [0, 0.05) is 19.3 Å². The standard InChI is InChI=1S/C59H102O6/c1-4-7-10-13-16-19-22-25-27-29-30-32-34-37-40-43-46-49-52-58(61)64-55-56(54-63-57(60)51-48-45-42-39-36-33-24-21-18-15-12-9-6-3)65-59(62)53-50-47-44-41-38-35-31-28-26-23-20-17-14-11-8-5-2/h16,19,22,25,27,29-30,32-33,36,42,45,56H,4-15,17-18,20-21,23-24,26,28,31,34-35,37-41,43-44,46-55H2,1-3H3/b19-16-,25-22-,29-27-,32-30-,36-33-,45-42-. The van der Waals surface area contributed by atoms with Gasteiger partial charge in [-0.15, -0.1) is 0 Å². The Balaban J connectivity index is 4.46. The van der Waals surface area contributed by atoms with Crippen LogP contribution in [0.2, 0.25) is 0 Å². The van der Waals surface area contributed by atoms with Crippen molar-refractivity contribution in [3.05, 3.63) is 72.9 Å². The van der Waals surface area contributed by atoms with Crippen molar-refractivity contribution < 1.29 is 28.6 Å². The molecule has 0 amide bonds. The van der Waals surface area contributed by atoms with Crippen molar-refractivity contribution in [3.63, 3.8) is 0 Å². The van der Waals surface area contributed by atoms with Crippen molar-refractivity contribution in [1.29, 1.82) is 0 Å². The lowest BCUT2D eigenvalue weighted by Crippen LogP contribution is -2.30. The molecule has 0 spiro atoms. The van der Waals surface area contributed by atoms with Gasteiger partial charge in [0.25, 0.3) is 0 Å². The van der Waals surface area contributed by atoms with Crippen LogP contribution in [0, 0.1) is 0 Å². The Morgan fingerprint density at radius 1 is 0.323 bits per heavy atom. The zero-order valence-corrected chi connectivity index (χ0v) is 42.7. The molecule has 0 aliphatic rings. The molecular weight excluding hydrogens is 805 g/mol. The molecule has 0 N–H and O–H groups in total. The summed E-state index contributed by atoms with van der Waals surface area (Å²) in [5.74, 6) is -0.986. The molecule has 0 bridgehead atoms. The van der Waals surface area contributed by atoms with E-state index in [-0.39, 0.29) is 37.5 Å². The summed E-state index contributed by atoms with van der Waals surface area (Å²) < 4.78 is 16.8. The van der Waals surface area contributed by atoms with Crippen molar-refractivity contribution in [2.24, 2.45) is 0 Å². The number of hydrogen-bond donors (Lipinski definition) is 0. The Hall–Kier alpha value is -3.15. The first-order chi connectivity index (χ1) is 32.0. The molecule has 0 aromatic heterocycles. The first-order valence-electron chi connectivity index (χ1n) is 27.5. The van der Waals surface area contributed by atoms with Crippen molar-refractivity contribution in [2.45, 2.75) is 271 Å². The van der Waals surface area contributed by atoms with Crippen molar-refractivity contribution in [2.75, 3.05) is 13.2 Å². The van der Waals surface area contributed by atoms with Gasteiger partial charge in [0.2, 0.25) is 0 Å². The zero-order chi connectivity index (χ0) is 47.2. The van der Waals surface area contributed by atoms with Gasteiger partial charge in [-0.1, -0.05) is 254 Å². The summed E-state index contributed by atoms with van der Waals surface area (Å²) in [7, 11) is 0. The summed E-state index contributed by atoms with van der Waals surface area (Å²) in [5.41, 5.74) is 0. The molecule has 6 nitrogen and oxygen atoms in total. The molecule has 0 rings (SSSR count). The number of hydrogen-bond acceptors (Lipinski definition) is 6. The minimum absolute atomic E-state index is 0.103. The maximum absolute atomic E-state index is 12.8. The highest BCUT2D eigenvalue weighted by Crippen LogP contribution is 2.15. The Bertz CT molecular complexity index is 1230. The number of unbranched alkanes of at least 4 members (excludes halogenated alkanes) is 29. The lowest BCUT2D eigenvalue weighted by molar-refractivity contribution is -0.166. The molecule has 0 heterocycles. The van der Waals surface area contributed by atoms with Crippen LogP contribution < -0.4 is 0 Å². The monoisotopic (exact) mass is 907 g/mol. The maximum atomic E-state index is 12.8. The normalized spacial score (nSPS) is 12.6. The second-order valence-corrected chi connectivity index (χ2v) is 18.2. The second kappa shape index (κ2) is 53.5. The summed E-state index contributed by atoms with van der Waals surface area (Å²) in [6.07, 6.45) is 67.5. The van der Waals surface area contributed by atoms with Crippen LogP contribution in [0.25, 0.3) is 0 Å². The second-order valence-electron chi connectivity index (χ2n) is 18.2. The van der Waals surface area contributed by atoms with E-state index in [4.69, 9.17) is 14.2 Å². The molecule has 6 heteroatoms. The predicted molar refractivity (Wildman–Crippen MR) is 279 cm³/mol. The zero-order valence-electron chi connectivity index (χ0n) is 42.7. The average molecular weight is 907 g/mol. The number of rotatable bonds is 49. The maximum Gasteiger partial charge on any atom is 0.306 e. The van der Waals surface area contributed by atoms with Gasteiger partial charge < -0.3 is 14.2 Å². The lowest BCUT2D eigenvalue weighted by Gasteiger charge is -2.18. The van der Waals surface area contributed by atoms with Gasteiger partial charge in [0.05, 0.1) is 0 Å². The Morgan fingerprint density at radius 2 is 0.646 bits per heavy atom. The molecule has 0 aliphatic carbocycles. The highest BCUT2D eigenvalue weighted by molar-refractivity contribution is 5.71. The van der Waals surface area contributed by atoms with Crippen LogP contribution in [0.3, 0.4) is 0 Å². The number of carbonyl (C=O) groups excluding carboxylic acids is 3. The van der Waals surface area contributed by atoms with E-state index in [0.29, 0.717) is 19.3 Å². The van der Waals surface area contributed by atoms with Crippen molar-refractivity contribution in [3.8, 4) is 0 Å². The van der Waals surface area contributed by atoms with Crippen LogP contribution in [0.5, 0.6) is 0 Å². The molecular formula is C59H102O6. The molecule has 1 atom stereocenters. The van der Waals surface area contributed by atoms with Crippen LogP contribution in [-0.4, -0.2) is 37.2 Å². The Morgan fingerprint density at radius 3 is 1.11 bits per heavy atom.